The Morgan fingerprint density at radius 3 is 2.70 bits per heavy atom. The van der Waals surface area contributed by atoms with E-state index >= 15 is 0 Å². The third-order valence-corrected chi connectivity index (χ3v) is 3.68. The number of benzene rings is 2. The third kappa shape index (κ3) is 2.43. The molecule has 1 unspecified atom stereocenters. The molecule has 100 valence electrons. The molecule has 1 aromatic heterocycles. The topological polar surface area (TPSA) is 38.9 Å². The molecule has 0 amide bonds. The van der Waals surface area contributed by atoms with E-state index in [0.29, 0.717) is 0 Å². The highest BCUT2D eigenvalue weighted by atomic mass is 14.6. The minimum absolute atomic E-state index is 0.100. The van der Waals surface area contributed by atoms with Gasteiger partial charge in [-0.05, 0) is 35.7 Å². The average molecular weight is 262 g/mol. The smallest absolute Gasteiger partial charge is 0.0702 e. The van der Waals surface area contributed by atoms with Crippen LogP contribution in [0.2, 0.25) is 0 Å². The minimum atomic E-state index is 0.100. The Balaban J connectivity index is 2.06. The third-order valence-electron chi connectivity index (χ3n) is 3.68. The standard InChI is InChI=1S/C18H18N2/c1-2-17(19)14-8-5-7-13(10-14)16-11-15-6-3-4-9-18(15)20-12-16/h3-12,17H,2,19H2,1H3. The van der Waals surface area contributed by atoms with Crippen molar-refractivity contribution in [2.24, 2.45) is 5.73 Å². The number of aromatic nitrogens is 1. The van der Waals surface area contributed by atoms with Crippen LogP contribution in [0.5, 0.6) is 0 Å². The van der Waals surface area contributed by atoms with Gasteiger partial charge in [0.25, 0.3) is 0 Å². The van der Waals surface area contributed by atoms with Gasteiger partial charge in [0.1, 0.15) is 0 Å². The highest BCUT2D eigenvalue weighted by Crippen LogP contribution is 2.25. The van der Waals surface area contributed by atoms with Gasteiger partial charge in [0.2, 0.25) is 0 Å². The van der Waals surface area contributed by atoms with Crippen molar-refractivity contribution in [2.45, 2.75) is 19.4 Å². The second kappa shape index (κ2) is 5.43. The summed E-state index contributed by atoms with van der Waals surface area (Å²) in [6.07, 6.45) is 2.87. The first kappa shape index (κ1) is 12.8. The van der Waals surface area contributed by atoms with E-state index in [1.807, 2.05) is 24.4 Å². The average Bonchev–Trinajstić information content (AvgIpc) is 2.53. The quantitative estimate of drug-likeness (QED) is 0.763. The molecule has 2 nitrogen and oxygen atoms in total. The maximum Gasteiger partial charge on any atom is 0.0702 e. The fourth-order valence-corrected chi connectivity index (χ4v) is 2.41. The molecular weight excluding hydrogens is 244 g/mol. The van der Waals surface area contributed by atoms with Crippen LogP contribution in [0.3, 0.4) is 0 Å². The summed E-state index contributed by atoms with van der Waals surface area (Å²) in [5.74, 6) is 0. The number of rotatable bonds is 3. The molecule has 0 bridgehead atoms. The second-order valence-corrected chi connectivity index (χ2v) is 5.06. The first-order valence-electron chi connectivity index (χ1n) is 6.98. The summed E-state index contributed by atoms with van der Waals surface area (Å²) in [4.78, 5) is 4.52. The van der Waals surface area contributed by atoms with E-state index < -0.39 is 0 Å². The summed E-state index contributed by atoms with van der Waals surface area (Å²) in [7, 11) is 0. The summed E-state index contributed by atoms with van der Waals surface area (Å²) in [5.41, 5.74) is 10.6. The van der Waals surface area contributed by atoms with Gasteiger partial charge < -0.3 is 5.73 Å². The number of hydrogen-bond acceptors (Lipinski definition) is 2. The summed E-state index contributed by atoms with van der Waals surface area (Å²) in [5, 5.41) is 1.16. The van der Waals surface area contributed by atoms with Crippen molar-refractivity contribution in [3.8, 4) is 11.1 Å². The lowest BCUT2D eigenvalue weighted by Crippen LogP contribution is -2.08. The minimum Gasteiger partial charge on any atom is -0.324 e. The Morgan fingerprint density at radius 1 is 1.00 bits per heavy atom. The fraction of sp³-hybridized carbons (Fsp3) is 0.167. The molecule has 0 saturated heterocycles. The molecule has 1 heterocycles. The Kier molecular flexibility index (Phi) is 3.48. The highest BCUT2D eigenvalue weighted by Gasteiger charge is 2.06. The van der Waals surface area contributed by atoms with Crippen LogP contribution in [0.15, 0.2) is 60.8 Å². The molecule has 0 spiro atoms. The van der Waals surface area contributed by atoms with E-state index in [0.717, 1.165) is 22.9 Å². The van der Waals surface area contributed by atoms with Crippen LogP contribution in [0.25, 0.3) is 22.0 Å². The molecule has 3 rings (SSSR count). The van der Waals surface area contributed by atoms with Crippen molar-refractivity contribution < 1.29 is 0 Å². The van der Waals surface area contributed by atoms with E-state index in [1.54, 1.807) is 0 Å². The van der Waals surface area contributed by atoms with Gasteiger partial charge in [-0.2, -0.15) is 0 Å². The SMILES string of the molecule is CCC(N)c1cccc(-c2cnc3ccccc3c2)c1. The molecule has 0 aliphatic carbocycles. The lowest BCUT2D eigenvalue weighted by molar-refractivity contribution is 0.699. The van der Waals surface area contributed by atoms with E-state index in [1.165, 1.54) is 11.1 Å². The van der Waals surface area contributed by atoms with Gasteiger partial charge >= 0.3 is 0 Å². The van der Waals surface area contributed by atoms with Crippen molar-refractivity contribution in [3.05, 3.63) is 66.4 Å². The van der Waals surface area contributed by atoms with Gasteiger partial charge in [-0.25, -0.2) is 0 Å². The van der Waals surface area contributed by atoms with Crippen LogP contribution in [0.4, 0.5) is 0 Å². The maximum absolute atomic E-state index is 6.12. The molecule has 3 aromatic rings. The van der Waals surface area contributed by atoms with Gasteiger partial charge in [-0.1, -0.05) is 43.3 Å². The predicted octanol–water partition coefficient (Wildman–Crippen LogP) is 4.31. The van der Waals surface area contributed by atoms with Gasteiger partial charge in [-0.15, -0.1) is 0 Å². The van der Waals surface area contributed by atoms with Gasteiger partial charge in [0.15, 0.2) is 0 Å². The first-order valence-corrected chi connectivity index (χ1v) is 6.98. The Bertz CT molecular complexity index is 734. The zero-order chi connectivity index (χ0) is 13.9. The number of nitrogens with two attached hydrogens (primary N) is 1. The Morgan fingerprint density at radius 2 is 1.85 bits per heavy atom. The summed E-state index contributed by atoms with van der Waals surface area (Å²) in [6.45, 7) is 2.11. The molecule has 0 aliphatic heterocycles. The van der Waals surface area contributed by atoms with Crippen LogP contribution >= 0.6 is 0 Å². The van der Waals surface area contributed by atoms with Crippen LogP contribution in [-0.4, -0.2) is 4.98 Å². The summed E-state index contributed by atoms with van der Waals surface area (Å²) < 4.78 is 0. The maximum atomic E-state index is 6.12. The zero-order valence-electron chi connectivity index (χ0n) is 11.6. The van der Waals surface area contributed by atoms with Crippen LogP contribution in [-0.2, 0) is 0 Å². The molecule has 0 aliphatic rings. The molecule has 0 radical (unpaired) electrons. The van der Waals surface area contributed by atoms with Crippen LogP contribution in [0.1, 0.15) is 24.9 Å². The van der Waals surface area contributed by atoms with E-state index in [-0.39, 0.29) is 6.04 Å². The van der Waals surface area contributed by atoms with Gasteiger partial charge in [0, 0.05) is 23.2 Å². The molecule has 0 fully saturated rings. The number of pyridine rings is 1. The van der Waals surface area contributed by atoms with Crippen molar-refractivity contribution in [2.75, 3.05) is 0 Å². The number of para-hydroxylation sites is 1. The lowest BCUT2D eigenvalue weighted by atomic mass is 9.99. The molecule has 20 heavy (non-hydrogen) atoms. The molecule has 2 heteroatoms. The molecule has 0 saturated carbocycles. The molecule has 1 atom stereocenters. The normalized spacial score (nSPS) is 12.5. The van der Waals surface area contributed by atoms with E-state index in [2.05, 4.69) is 48.3 Å². The number of hydrogen-bond donors (Lipinski definition) is 1. The van der Waals surface area contributed by atoms with Crippen molar-refractivity contribution in [1.82, 2.24) is 4.98 Å². The second-order valence-electron chi connectivity index (χ2n) is 5.06. The van der Waals surface area contributed by atoms with Gasteiger partial charge in [-0.3, -0.25) is 4.98 Å². The molecule has 2 aromatic carbocycles. The summed E-state index contributed by atoms with van der Waals surface area (Å²) in [6, 6.07) is 18.9. The largest absolute Gasteiger partial charge is 0.324 e. The monoisotopic (exact) mass is 262 g/mol. The van der Waals surface area contributed by atoms with Crippen molar-refractivity contribution in [3.63, 3.8) is 0 Å². The Hall–Kier alpha value is -2.19. The molecular formula is C18H18N2. The highest BCUT2D eigenvalue weighted by molar-refractivity contribution is 5.83. The van der Waals surface area contributed by atoms with Gasteiger partial charge in [0.05, 0.1) is 5.52 Å². The Labute approximate surface area is 119 Å². The van der Waals surface area contributed by atoms with Crippen LogP contribution < -0.4 is 5.73 Å². The van der Waals surface area contributed by atoms with Crippen LogP contribution in [0, 0.1) is 0 Å². The van der Waals surface area contributed by atoms with E-state index in [9.17, 15) is 0 Å². The van der Waals surface area contributed by atoms with E-state index in [4.69, 9.17) is 5.73 Å². The number of fused-ring (bicyclic) bond motifs is 1. The predicted molar refractivity (Wildman–Crippen MR) is 84.4 cm³/mol. The zero-order valence-corrected chi connectivity index (χ0v) is 11.6. The lowest BCUT2D eigenvalue weighted by Gasteiger charge is -2.11. The van der Waals surface area contributed by atoms with Crippen molar-refractivity contribution >= 4 is 10.9 Å². The number of nitrogens with zero attached hydrogens (tertiary/aromatic N) is 1. The van der Waals surface area contributed by atoms with Crippen molar-refractivity contribution in [1.29, 1.82) is 0 Å². The summed E-state index contributed by atoms with van der Waals surface area (Å²) >= 11 is 0. The fourth-order valence-electron chi connectivity index (χ4n) is 2.41. The molecule has 2 N–H and O–H groups in total. The first-order chi connectivity index (χ1) is 9.78.